The second kappa shape index (κ2) is 7.08. The minimum absolute atomic E-state index is 0.166. The van der Waals surface area contributed by atoms with Crippen LogP contribution in [0.15, 0.2) is 24.3 Å². The number of ether oxygens (including phenoxy) is 1. The van der Waals surface area contributed by atoms with Crippen molar-refractivity contribution in [2.24, 2.45) is 5.92 Å². The molecule has 1 aromatic rings. The van der Waals surface area contributed by atoms with Gasteiger partial charge >= 0.3 is 5.97 Å². The van der Waals surface area contributed by atoms with Gasteiger partial charge in [-0.15, -0.1) is 11.5 Å². The number of carbonyl (C=O) groups is 2. The van der Waals surface area contributed by atoms with Crippen LogP contribution < -0.4 is 4.90 Å². The van der Waals surface area contributed by atoms with Crippen LogP contribution in [0.5, 0.6) is 0 Å². The molecular formula is C23H31NO3Si. The van der Waals surface area contributed by atoms with E-state index >= 15 is 0 Å². The molecule has 5 heteroatoms. The van der Waals surface area contributed by atoms with Crippen LogP contribution in [0.2, 0.25) is 16.6 Å². The molecule has 3 rings (SSSR count). The number of likely N-dealkylation sites (N-methyl/N-ethyl adjacent to an activating group) is 1. The Balaban J connectivity index is 2.15. The number of nitrogens with zero attached hydrogens (tertiary/aromatic N) is 1. The highest BCUT2D eigenvalue weighted by Crippen LogP contribution is 2.51. The number of benzene rings is 1. The molecule has 1 saturated heterocycles. The standard InChI is InChI=1S/C23H31NO3Si/c1-15(2)28(16(3)4,17(5)6)13-12-18-14-21(25)27-23(18)19-10-8-9-11-20(19)24(7)22(23)26/h8-11,15-18H,14H2,1-7H3/t18-,23+/m0/s1. The number of para-hydroxylation sites is 1. The van der Waals surface area contributed by atoms with Crippen LogP contribution in [0, 0.1) is 17.4 Å². The molecule has 2 aliphatic rings. The van der Waals surface area contributed by atoms with Crippen molar-refractivity contribution in [3.8, 4) is 11.5 Å². The Hall–Kier alpha value is -2.06. The van der Waals surface area contributed by atoms with Crippen molar-refractivity contribution in [1.82, 2.24) is 0 Å². The molecule has 4 nitrogen and oxygen atoms in total. The van der Waals surface area contributed by atoms with Crippen molar-refractivity contribution in [1.29, 1.82) is 0 Å². The molecule has 1 spiro atoms. The van der Waals surface area contributed by atoms with E-state index in [1.165, 1.54) is 0 Å². The summed E-state index contributed by atoms with van der Waals surface area (Å²) in [7, 11) is -0.230. The number of carbonyl (C=O) groups excluding carboxylic acids is 2. The molecule has 2 aliphatic heterocycles. The molecule has 0 aromatic heterocycles. The van der Waals surface area contributed by atoms with E-state index in [-0.39, 0.29) is 18.3 Å². The van der Waals surface area contributed by atoms with E-state index in [0.717, 1.165) is 11.3 Å². The summed E-state index contributed by atoms with van der Waals surface area (Å²) < 4.78 is 5.76. The number of amides is 1. The van der Waals surface area contributed by atoms with E-state index in [1.54, 1.807) is 11.9 Å². The fraction of sp³-hybridized carbons (Fsp3) is 0.565. The van der Waals surface area contributed by atoms with E-state index in [1.807, 2.05) is 24.3 Å². The Morgan fingerprint density at radius 3 is 2.21 bits per heavy atom. The minimum atomic E-state index is -1.97. The van der Waals surface area contributed by atoms with E-state index in [0.29, 0.717) is 16.6 Å². The Labute approximate surface area is 169 Å². The molecule has 2 atom stereocenters. The topological polar surface area (TPSA) is 46.6 Å². The van der Waals surface area contributed by atoms with Gasteiger partial charge in [-0.3, -0.25) is 9.59 Å². The highest BCUT2D eigenvalue weighted by molar-refractivity contribution is 6.90. The SMILES string of the molecule is CC(C)[Si](C#C[C@H]1CC(=O)O[C@]12C(=O)N(C)c1ccccc12)(C(C)C)C(C)C. The molecule has 150 valence electrons. The molecule has 2 heterocycles. The fourth-order valence-electron chi connectivity index (χ4n) is 5.39. The first-order valence-corrected chi connectivity index (χ1v) is 12.4. The lowest BCUT2D eigenvalue weighted by atomic mass is 9.83. The van der Waals surface area contributed by atoms with Gasteiger partial charge in [-0.2, -0.15) is 0 Å². The lowest BCUT2D eigenvalue weighted by Crippen LogP contribution is -2.45. The largest absolute Gasteiger partial charge is 0.442 e. The maximum absolute atomic E-state index is 13.3. The van der Waals surface area contributed by atoms with Crippen LogP contribution in [0.3, 0.4) is 0 Å². The summed E-state index contributed by atoms with van der Waals surface area (Å²) in [6.45, 7) is 13.6. The number of hydrogen-bond donors (Lipinski definition) is 0. The predicted octanol–water partition coefficient (Wildman–Crippen LogP) is 4.64. The van der Waals surface area contributed by atoms with E-state index in [4.69, 9.17) is 4.74 Å². The van der Waals surface area contributed by atoms with Crippen molar-refractivity contribution < 1.29 is 14.3 Å². The van der Waals surface area contributed by atoms with Crippen LogP contribution in [-0.4, -0.2) is 27.0 Å². The summed E-state index contributed by atoms with van der Waals surface area (Å²) in [5.74, 6) is 2.46. The first kappa shape index (κ1) is 20.7. The molecule has 0 saturated carbocycles. The monoisotopic (exact) mass is 397 g/mol. The number of anilines is 1. The number of rotatable bonds is 3. The number of fused-ring (bicyclic) bond motifs is 2. The average Bonchev–Trinajstić information content (AvgIpc) is 3.06. The molecule has 1 aromatic carbocycles. The smallest absolute Gasteiger partial charge is 0.308 e. The Morgan fingerprint density at radius 1 is 1.07 bits per heavy atom. The zero-order valence-corrected chi connectivity index (χ0v) is 19.0. The van der Waals surface area contributed by atoms with Gasteiger partial charge in [0.05, 0.1) is 18.0 Å². The van der Waals surface area contributed by atoms with Gasteiger partial charge in [-0.05, 0) is 22.7 Å². The normalized spacial score (nSPS) is 24.2. The second-order valence-electron chi connectivity index (χ2n) is 9.01. The summed E-state index contributed by atoms with van der Waals surface area (Å²) in [6, 6.07) is 7.57. The first-order valence-electron chi connectivity index (χ1n) is 10.2. The Morgan fingerprint density at radius 2 is 1.64 bits per heavy atom. The maximum Gasteiger partial charge on any atom is 0.308 e. The number of hydrogen-bond acceptors (Lipinski definition) is 3. The van der Waals surface area contributed by atoms with Gasteiger partial charge in [0.1, 0.15) is 8.07 Å². The summed E-state index contributed by atoms with van der Waals surface area (Å²) >= 11 is 0. The fourth-order valence-corrected chi connectivity index (χ4v) is 10.7. The molecule has 28 heavy (non-hydrogen) atoms. The highest BCUT2D eigenvalue weighted by atomic mass is 28.3. The van der Waals surface area contributed by atoms with Crippen LogP contribution in [0.25, 0.3) is 0 Å². The average molecular weight is 398 g/mol. The van der Waals surface area contributed by atoms with E-state index in [9.17, 15) is 9.59 Å². The quantitative estimate of drug-likeness (QED) is 0.424. The third-order valence-corrected chi connectivity index (χ3v) is 13.1. The van der Waals surface area contributed by atoms with Gasteiger partial charge in [0.15, 0.2) is 0 Å². The zero-order valence-electron chi connectivity index (χ0n) is 18.0. The van der Waals surface area contributed by atoms with Gasteiger partial charge in [0, 0.05) is 12.6 Å². The lowest BCUT2D eigenvalue weighted by molar-refractivity contribution is -0.158. The third-order valence-electron chi connectivity index (χ3n) is 6.75. The molecule has 1 fully saturated rings. The molecule has 0 bridgehead atoms. The van der Waals surface area contributed by atoms with Gasteiger partial charge in [0.25, 0.3) is 5.91 Å². The van der Waals surface area contributed by atoms with Crippen molar-refractivity contribution in [3.63, 3.8) is 0 Å². The van der Waals surface area contributed by atoms with Crippen molar-refractivity contribution in [2.75, 3.05) is 11.9 Å². The minimum Gasteiger partial charge on any atom is -0.442 e. The highest BCUT2D eigenvalue weighted by Gasteiger charge is 2.62. The zero-order chi connectivity index (χ0) is 20.9. The third kappa shape index (κ3) is 2.73. The molecule has 0 N–H and O–H groups in total. The van der Waals surface area contributed by atoms with E-state index < -0.39 is 19.6 Å². The molecule has 0 aliphatic carbocycles. The summed E-state index contributed by atoms with van der Waals surface area (Å²) in [5, 5.41) is 0. The molecule has 0 unspecified atom stereocenters. The Bertz CT molecular complexity index is 842. The van der Waals surface area contributed by atoms with Crippen molar-refractivity contribution in [3.05, 3.63) is 29.8 Å². The van der Waals surface area contributed by atoms with Crippen LogP contribution in [0.1, 0.15) is 53.5 Å². The first-order chi connectivity index (χ1) is 13.1. The lowest BCUT2D eigenvalue weighted by Gasteiger charge is -2.38. The number of esters is 1. The molecule has 0 radical (unpaired) electrons. The van der Waals surface area contributed by atoms with Crippen LogP contribution >= 0.6 is 0 Å². The maximum atomic E-state index is 13.3. The second-order valence-corrected chi connectivity index (χ2v) is 14.6. The molecular weight excluding hydrogens is 366 g/mol. The van der Waals surface area contributed by atoms with Gasteiger partial charge in [0.2, 0.25) is 5.60 Å². The van der Waals surface area contributed by atoms with Crippen LogP contribution in [-0.2, 0) is 19.9 Å². The van der Waals surface area contributed by atoms with Gasteiger partial charge in [-0.1, -0.05) is 59.7 Å². The Kier molecular flexibility index (Phi) is 5.22. The predicted molar refractivity (Wildman–Crippen MR) is 115 cm³/mol. The molecule has 1 amide bonds. The van der Waals surface area contributed by atoms with Gasteiger partial charge in [-0.25, -0.2) is 0 Å². The summed E-state index contributed by atoms with van der Waals surface area (Å²) in [5.41, 5.74) is 5.44. The van der Waals surface area contributed by atoms with Crippen LogP contribution in [0.4, 0.5) is 5.69 Å². The van der Waals surface area contributed by atoms with Crippen molar-refractivity contribution in [2.45, 2.75) is 70.2 Å². The summed E-state index contributed by atoms with van der Waals surface area (Å²) in [4.78, 5) is 27.2. The summed E-state index contributed by atoms with van der Waals surface area (Å²) in [6.07, 6.45) is 0.166. The van der Waals surface area contributed by atoms with Gasteiger partial charge < -0.3 is 9.64 Å². The van der Waals surface area contributed by atoms with Crippen molar-refractivity contribution >= 4 is 25.6 Å². The van der Waals surface area contributed by atoms with E-state index in [2.05, 4.69) is 53.0 Å².